The van der Waals surface area contributed by atoms with E-state index < -0.39 is 0 Å². The molecule has 1 atom stereocenters. The van der Waals surface area contributed by atoms with Gasteiger partial charge in [0.25, 0.3) is 0 Å². The quantitative estimate of drug-likeness (QED) is 0.812. The van der Waals surface area contributed by atoms with Crippen molar-refractivity contribution in [2.45, 2.75) is 12.5 Å². The lowest BCUT2D eigenvalue weighted by atomic mass is 10.1. The molecule has 16 heavy (non-hydrogen) atoms. The molecule has 1 aliphatic heterocycles. The van der Waals surface area contributed by atoms with Crippen molar-refractivity contribution in [1.29, 1.82) is 0 Å². The van der Waals surface area contributed by atoms with E-state index in [4.69, 9.17) is 11.6 Å². The van der Waals surface area contributed by atoms with Crippen LogP contribution in [0.5, 0.6) is 0 Å². The van der Waals surface area contributed by atoms with Crippen molar-refractivity contribution in [3.05, 3.63) is 41.9 Å². The van der Waals surface area contributed by atoms with Crippen LogP contribution in [0.1, 0.15) is 6.42 Å². The lowest BCUT2D eigenvalue weighted by molar-refractivity contribution is 0.460. The Morgan fingerprint density at radius 2 is 2.44 bits per heavy atom. The predicted molar refractivity (Wildman–Crippen MR) is 70.3 cm³/mol. The molecule has 0 spiro atoms. The monoisotopic (exact) mass is 236 g/mol. The van der Waals surface area contributed by atoms with Crippen molar-refractivity contribution in [2.75, 3.05) is 24.5 Å². The normalized spacial score (nSPS) is 20.8. The van der Waals surface area contributed by atoms with Crippen LogP contribution in [0, 0.1) is 0 Å². The molecule has 1 aromatic carbocycles. The van der Waals surface area contributed by atoms with E-state index in [1.54, 1.807) is 0 Å². The van der Waals surface area contributed by atoms with E-state index in [1.165, 1.54) is 5.69 Å². The molecular formula is C13H17ClN2. The Balaban J connectivity index is 2.06. The largest absolute Gasteiger partial charge is 0.369 e. The van der Waals surface area contributed by atoms with Gasteiger partial charge in [0, 0.05) is 36.4 Å². The molecule has 1 aliphatic rings. The smallest absolute Gasteiger partial charge is 0.0426 e. The highest BCUT2D eigenvalue weighted by molar-refractivity contribution is 6.30. The second kappa shape index (κ2) is 5.37. The van der Waals surface area contributed by atoms with Gasteiger partial charge < -0.3 is 10.2 Å². The molecule has 0 saturated carbocycles. The fourth-order valence-electron chi connectivity index (χ4n) is 2.09. The SMILES string of the molecule is C=CCC1CN(c2cccc(Cl)c2)CCN1. The van der Waals surface area contributed by atoms with Crippen LogP contribution in [0.3, 0.4) is 0 Å². The molecule has 1 heterocycles. The van der Waals surface area contributed by atoms with Crippen LogP contribution >= 0.6 is 11.6 Å². The number of benzene rings is 1. The predicted octanol–water partition coefficient (Wildman–Crippen LogP) is 2.69. The first-order chi connectivity index (χ1) is 7.79. The van der Waals surface area contributed by atoms with Gasteiger partial charge in [0.1, 0.15) is 0 Å². The molecule has 1 N–H and O–H groups in total. The van der Waals surface area contributed by atoms with Crippen molar-refractivity contribution in [1.82, 2.24) is 5.32 Å². The van der Waals surface area contributed by atoms with Gasteiger partial charge in [0.05, 0.1) is 0 Å². The maximum Gasteiger partial charge on any atom is 0.0426 e. The summed E-state index contributed by atoms with van der Waals surface area (Å²) in [4.78, 5) is 2.37. The molecule has 86 valence electrons. The average Bonchev–Trinajstić information content (AvgIpc) is 2.30. The highest BCUT2D eigenvalue weighted by atomic mass is 35.5. The lowest BCUT2D eigenvalue weighted by Crippen LogP contribution is -2.50. The Morgan fingerprint density at radius 3 is 3.19 bits per heavy atom. The van der Waals surface area contributed by atoms with Crippen molar-refractivity contribution in [3.63, 3.8) is 0 Å². The molecule has 0 radical (unpaired) electrons. The third-order valence-corrected chi connectivity index (χ3v) is 3.12. The summed E-state index contributed by atoms with van der Waals surface area (Å²) in [5.41, 5.74) is 1.21. The summed E-state index contributed by atoms with van der Waals surface area (Å²) in [6, 6.07) is 8.56. The van der Waals surface area contributed by atoms with E-state index in [2.05, 4.69) is 22.9 Å². The maximum atomic E-state index is 6.00. The Kier molecular flexibility index (Phi) is 3.86. The summed E-state index contributed by atoms with van der Waals surface area (Å²) in [6.07, 6.45) is 2.98. The van der Waals surface area contributed by atoms with Gasteiger partial charge in [-0.3, -0.25) is 0 Å². The number of rotatable bonds is 3. The summed E-state index contributed by atoms with van der Waals surface area (Å²) < 4.78 is 0. The Labute approximate surface area is 102 Å². The maximum absolute atomic E-state index is 6.00. The number of piperazine rings is 1. The highest BCUT2D eigenvalue weighted by Crippen LogP contribution is 2.20. The van der Waals surface area contributed by atoms with Crippen molar-refractivity contribution in [3.8, 4) is 0 Å². The van der Waals surface area contributed by atoms with E-state index in [0.29, 0.717) is 6.04 Å². The average molecular weight is 237 g/mol. The van der Waals surface area contributed by atoms with Crippen LogP contribution in [0.15, 0.2) is 36.9 Å². The van der Waals surface area contributed by atoms with Gasteiger partial charge in [-0.1, -0.05) is 23.7 Å². The molecule has 0 bridgehead atoms. The van der Waals surface area contributed by atoms with Gasteiger partial charge in [-0.15, -0.1) is 6.58 Å². The third-order valence-electron chi connectivity index (χ3n) is 2.88. The molecule has 1 saturated heterocycles. The molecule has 2 nitrogen and oxygen atoms in total. The van der Waals surface area contributed by atoms with Gasteiger partial charge >= 0.3 is 0 Å². The Morgan fingerprint density at radius 1 is 1.56 bits per heavy atom. The van der Waals surface area contributed by atoms with Gasteiger partial charge in [-0.05, 0) is 24.6 Å². The highest BCUT2D eigenvalue weighted by Gasteiger charge is 2.18. The van der Waals surface area contributed by atoms with Crippen LogP contribution in [0.4, 0.5) is 5.69 Å². The first kappa shape index (κ1) is 11.5. The summed E-state index contributed by atoms with van der Waals surface area (Å²) in [7, 11) is 0. The fourth-order valence-corrected chi connectivity index (χ4v) is 2.28. The number of hydrogen-bond acceptors (Lipinski definition) is 2. The zero-order valence-corrected chi connectivity index (χ0v) is 10.1. The molecular weight excluding hydrogens is 220 g/mol. The lowest BCUT2D eigenvalue weighted by Gasteiger charge is -2.35. The second-order valence-electron chi connectivity index (χ2n) is 4.10. The van der Waals surface area contributed by atoms with E-state index in [9.17, 15) is 0 Å². The van der Waals surface area contributed by atoms with Crippen LogP contribution < -0.4 is 10.2 Å². The van der Waals surface area contributed by atoms with E-state index >= 15 is 0 Å². The van der Waals surface area contributed by atoms with Gasteiger partial charge in [-0.25, -0.2) is 0 Å². The minimum Gasteiger partial charge on any atom is -0.369 e. The zero-order valence-electron chi connectivity index (χ0n) is 9.32. The molecule has 1 unspecified atom stereocenters. The standard InChI is InChI=1S/C13H17ClN2/c1-2-4-12-10-16(8-7-15-12)13-6-3-5-11(14)9-13/h2-3,5-6,9,12,15H,1,4,7-8,10H2. The number of hydrogen-bond donors (Lipinski definition) is 1. The molecule has 0 amide bonds. The first-order valence-corrected chi connectivity index (χ1v) is 6.02. The molecule has 3 heteroatoms. The molecule has 0 aromatic heterocycles. The van der Waals surface area contributed by atoms with E-state index in [-0.39, 0.29) is 0 Å². The van der Waals surface area contributed by atoms with Gasteiger partial charge in [0.15, 0.2) is 0 Å². The minimum atomic E-state index is 0.505. The minimum absolute atomic E-state index is 0.505. The van der Waals surface area contributed by atoms with Crippen LogP contribution in [-0.2, 0) is 0 Å². The van der Waals surface area contributed by atoms with Gasteiger partial charge in [0.2, 0.25) is 0 Å². The molecule has 1 fully saturated rings. The molecule has 2 rings (SSSR count). The summed E-state index contributed by atoms with van der Waals surface area (Å²) in [6.45, 7) is 6.86. The summed E-state index contributed by atoms with van der Waals surface area (Å²) >= 11 is 6.00. The van der Waals surface area contributed by atoms with Crippen LogP contribution in [0.2, 0.25) is 5.02 Å². The Bertz CT molecular complexity index is 365. The van der Waals surface area contributed by atoms with E-state index in [1.807, 2.05) is 24.3 Å². The number of anilines is 1. The van der Waals surface area contributed by atoms with Gasteiger partial charge in [-0.2, -0.15) is 0 Å². The van der Waals surface area contributed by atoms with Crippen LogP contribution in [-0.4, -0.2) is 25.7 Å². The number of nitrogens with zero attached hydrogens (tertiary/aromatic N) is 1. The number of halogens is 1. The fraction of sp³-hybridized carbons (Fsp3) is 0.385. The second-order valence-corrected chi connectivity index (χ2v) is 4.54. The topological polar surface area (TPSA) is 15.3 Å². The summed E-state index contributed by atoms with van der Waals surface area (Å²) in [5, 5.41) is 4.29. The van der Waals surface area contributed by atoms with Crippen molar-refractivity contribution in [2.24, 2.45) is 0 Å². The number of nitrogens with one attached hydrogen (secondary N) is 1. The van der Waals surface area contributed by atoms with Crippen LogP contribution in [0.25, 0.3) is 0 Å². The Hall–Kier alpha value is -0.990. The van der Waals surface area contributed by atoms with Crippen molar-refractivity contribution < 1.29 is 0 Å². The first-order valence-electron chi connectivity index (χ1n) is 5.64. The zero-order chi connectivity index (χ0) is 11.4. The molecule has 1 aromatic rings. The van der Waals surface area contributed by atoms with Crippen molar-refractivity contribution >= 4 is 17.3 Å². The van der Waals surface area contributed by atoms with E-state index in [0.717, 1.165) is 31.1 Å². The summed E-state index contributed by atoms with van der Waals surface area (Å²) in [5.74, 6) is 0. The molecule has 0 aliphatic carbocycles. The third kappa shape index (κ3) is 2.77.